The van der Waals surface area contributed by atoms with Crippen molar-refractivity contribution in [1.82, 2.24) is 25.2 Å². The van der Waals surface area contributed by atoms with E-state index in [9.17, 15) is 13.6 Å². The SMILES string of the molecule is CCC(CC)c1cc([C@H]2CN3CC[C@H]2C[C@@H]3CNC(=O)Nc2ccc(F)cc2F)nc(-c2ccncc2)n1. The number of piperidine rings is 3. The lowest BCUT2D eigenvalue weighted by Gasteiger charge is -2.49. The fraction of sp³-hybridized carbons (Fsp3) is 0.448. The maximum atomic E-state index is 13.9. The third-order valence-corrected chi connectivity index (χ3v) is 8.04. The Labute approximate surface area is 222 Å². The van der Waals surface area contributed by atoms with Crippen molar-refractivity contribution in [2.24, 2.45) is 5.92 Å². The number of benzene rings is 1. The molecule has 38 heavy (non-hydrogen) atoms. The molecule has 3 fully saturated rings. The fourth-order valence-electron chi connectivity index (χ4n) is 5.88. The van der Waals surface area contributed by atoms with E-state index in [0.29, 0.717) is 24.3 Å². The van der Waals surface area contributed by atoms with Crippen LogP contribution in [0.3, 0.4) is 0 Å². The first kappa shape index (κ1) is 26.2. The topological polar surface area (TPSA) is 83.0 Å². The van der Waals surface area contributed by atoms with Gasteiger partial charge in [-0.25, -0.2) is 23.5 Å². The van der Waals surface area contributed by atoms with Gasteiger partial charge in [-0.1, -0.05) is 13.8 Å². The first-order chi connectivity index (χ1) is 18.4. The highest BCUT2D eigenvalue weighted by molar-refractivity contribution is 5.89. The molecule has 1 unspecified atom stereocenters. The maximum absolute atomic E-state index is 13.9. The van der Waals surface area contributed by atoms with Crippen molar-refractivity contribution < 1.29 is 13.6 Å². The summed E-state index contributed by atoms with van der Waals surface area (Å²) < 4.78 is 27.0. The van der Waals surface area contributed by atoms with Gasteiger partial charge in [-0.05, 0) is 68.5 Å². The standard InChI is InChI=1S/C29H34F2N6O/c1-3-18(4-2)26-15-27(35-28(34-26)19-7-10-32-11-8-19)23-17-37-12-9-20(23)13-22(37)16-33-29(38)36-25-6-5-21(30)14-24(25)31/h5-8,10-11,14-15,18,20,22-23H,3-4,9,12-13,16-17H2,1-2H3,(H2,33,36,38)/t20-,22+,23-/m0/s1. The monoisotopic (exact) mass is 520 g/mol. The summed E-state index contributed by atoms with van der Waals surface area (Å²) in [6.45, 7) is 6.72. The zero-order valence-electron chi connectivity index (χ0n) is 21.8. The van der Waals surface area contributed by atoms with Gasteiger partial charge in [0.1, 0.15) is 11.6 Å². The van der Waals surface area contributed by atoms with Gasteiger partial charge in [0, 0.05) is 66.4 Å². The van der Waals surface area contributed by atoms with Gasteiger partial charge in [-0.2, -0.15) is 0 Å². The molecule has 3 aliphatic heterocycles. The summed E-state index contributed by atoms with van der Waals surface area (Å²) in [6, 6.07) is 8.92. The average molecular weight is 521 g/mol. The number of pyridine rings is 1. The minimum Gasteiger partial charge on any atom is -0.336 e. The van der Waals surface area contributed by atoms with E-state index in [4.69, 9.17) is 9.97 Å². The third kappa shape index (κ3) is 5.67. The number of rotatable bonds is 8. The zero-order chi connectivity index (χ0) is 26.6. The second-order valence-electron chi connectivity index (χ2n) is 10.3. The highest BCUT2D eigenvalue weighted by Gasteiger charge is 2.41. The lowest BCUT2D eigenvalue weighted by molar-refractivity contribution is 0.0307. The Hall–Kier alpha value is -3.46. The minimum absolute atomic E-state index is 0.0449. The molecule has 6 rings (SSSR count). The molecule has 0 spiro atoms. The van der Waals surface area contributed by atoms with E-state index < -0.39 is 17.7 Å². The molecule has 5 heterocycles. The fourth-order valence-corrected chi connectivity index (χ4v) is 5.88. The molecule has 3 aliphatic rings. The van der Waals surface area contributed by atoms with Crippen molar-refractivity contribution in [3.8, 4) is 11.4 Å². The molecule has 7 nitrogen and oxygen atoms in total. The van der Waals surface area contributed by atoms with Crippen LogP contribution in [0, 0.1) is 17.6 Å². The number of urea groups is 1. The number of hydrogen-bond acceptors (Lipinski definition) is 5. The van der Waals surface area contributed by atoms with Crippen LogP contribution in [0.5, 0.6) is 0 Å². The van der Waals surface area contributed by atoms with E-state index in [2.05, 4.69) is 40.4 Å². The number of hydrogen-bond donors (Lipinski definition) is 2. The molecular weight excluding hydrogens is 486 g/mol. The molecule has 2 bridgehead atoms. The third-order valence-electron chi connectivity index (χ3n) is 8.04. The lowest BCUT2D eigenvalue weighted by Crippen LogP contribution is -2.56. The molecule has 200 valence electrons. The number of carbonyl (C=O) groups is 1. The Balaban J connectivity index is 1.28. The molecular formula is C29H34F2N6O. The van der Waals surface area contributed by atoms with Crippen LogP contribution in [0.4, 0.5) is 19.3 Å². The van der Waals surface area contributed by atoms with E-state index in [1.807, 2.05) is 12.1 Å². The number of nitrogens with one attached hydrogen (secondary N) is 2. The largest absolute Gasteiger partial charge is 0.336 e. The van der Waals surface area contributed by atoms with Crippen LogP contribution in [0.25, 0.3) is 11.4 Å². The molecule has 2 N–H and O–H groups in total. The normalized spacial score (nSPS) is 22.4. The molecule has 1 aromatic carbocycles. The van der Waals surface area contributed by atoms with Crippen LogP contribution in [0.1, 0.15) is 62.8 Å². The zero-order valence-corrected chi connectivity index (χ0v) is 21.8. The Bertz CT molecular complexity index is 1270. The van der Waals surface area contributed by atoms with Crippen molar-refractivity contribution in [1.29, 1.82) is 0 Å². The van der Waals surface area contributed by atoms with E-state index in [1.54, 1.807) is 12.4 Å². The molecule has 2 aromatic heterocycles. The van der Waals surface area contributed by atoms with Gasteiger partial charge < -0.3 is 10.6 Å². The summed E-state index contributed by atoms with van der Waals surface area (Å²) in [6.07, 6.45) is 7.64. The van der Waals surface area contributed by atoms with Crippen LogP contribution in [-0.4, -0.2) is 51.6 Å². The molecule has 0 saturated carbocycles. The van der Waals surface area contributed by atoms with E-state index in [1.165, 1.54) is 6.07 Å². The van der Waals surface area contributed by atoms with Gasteiger partial charge in [0.15, 0.2) is 5.82 Å². The molecule has 0 aliphatic carbocycles. The van der Waals surface area contributed by atoms with Gasteiger partial charge >= 0.3 is 6.03 Å². The van der Waals surface area contributed by atoms with Crippen LogP contribution in [-0.2, 0) is 0 Å². The Kier molecular flexibility index (Phi) is 7.93. The van der Waals surface area contributed by atoms with Crippen molar-refractivity contribution in [3.63, 3.8) is 0 Å². The Morgan fingerprint density at radius 3 is 2.58 bits per heavy atom. The van der Waals surface area contributed by atoms with Crippen molar-refractivity contribution in [3.05, 3.63) is 71.8 Å². The Morgan fingerprint density at radius 2 is 1.89 bits per heavy atom. The predicted molar refractivity (Wildman–Crippen MR) is 143 cm³/mol. The molecule has 9 heteroatoms. The smallest absolute Gasteiger partial charge is 0.319 e. The average Bonchev–Trinajstić information content (AvgIpc) is 2.95. The number of nitrogens with zero attached hydrogens (tertiary/aromatic N) is 4. The summed E-state index contributed by atoms with van der Waals surface area (Å²) in [5.41, 5.74) is 3.13. The highest BCUT2D eigenvalue weighted by Crippen LogP contribution is 2.42. The number of halogens is 2. The molecule has 3 aromatic rings. The van der Waals surface area contributed by atoms with Crippen LogP contribution >= 0.6 is 0 Å². The number of carbonyl (C=O) groups excluding carboxylic acids is 1. The van der Waals surface area contributed by atoms with E-state index in [-0.39, 0.29) is 11.7 Å². The number of anilines is 1. The minimum atomic E-state index is -0.799. The van der Waals surface area contributed by atoms with Crippen LogP contribution in [0.2, 0.25) is 0 Å². The van der Waals surface area contributed by atoms with Gasteiger partial charge in [-0.15, -0.1) is 0 Å². The van der Waals surface area contributed by atoms with Gasteiger partial charge in [0.05, 0.1) is 5.69 Å². The lowest BCUT2D eigenvalue weighted by atomic mass is 9.74. The summed E-state index contributed by atoms with van der Waals surface area (Å²) in [5.74, 6) is 0.425. The summed E-state index contributed by atoms with van der Waals surface area (Å²) in [4.78, 5) is 29.0. The second kappa shape index (κ2) is 11.5. The summed E-state index contributed by atoms with van der Waals surface area (Å²) in [5, 5.41) is 5.34. The summed E-state index contributed by atoms with van der Waals surface area (Å²) in [7, 11) is 0. The van der Waals surface area contributed by atoms with E-state index in [0.717, 1.165) is 73.7 Å². The molecule has 3 saturated heterocycles. The van der Waals surface area contributed by atoms with Crippen molar-refractivity contribution in [2.45, 2.75) is 57.4 Å². The second-order valence-corrected chi connectivity index (χ2v) is 10.3. The number of amides is 2. The van der Waals surface area contributed by atoms with Crippen LogP contribution < -0.4 is 10.6 Å². The molecule has 4 atom stereocenters. The van der Waals surface area contributed by atoms with Gasteiger partial charge in [0.2, 0.25) is 0 Å². The Morgan fingerprint density at radius 1 is 1.11 bits per heavy atom. The maximum Gasteiger partial charge on any atom is 0.319 e. The molecule has 0 radical (unpaired) electrons. The number of aromatic nitrogens is 3. The van der Waals surface area contributed by atoms with Gasteiger partial charge in [-0.3, -0.25) is 9.88 Å². The summed E-state index contributed by atoms with van der Waals surface area (Å²) >= 11 is 0. The number of fused-ring (bicyclic) bond motifs is 3. The predicted octanol–water partition coefficient (Wildman–Crippen LogP) is 5.72. The first-order valence-corrected chi connectivity index (χ1v) is 13.5. The molecule has 2 amide bonds. The van der Waals surface area contributed by atoms with E-state index >= 15 is 0 Å². The quantitative estimate of drug-likeness (QED) is 0.397. The first-order valence-electron chi connectivity index (χ1n) is 13.5. The van der Waals surface area contributed by atoms with Crippen molar-refractivity contribution in [2.75, 3.05) is 25.0 Å². The van der Waals surface area contributed by atoms with Crippen LogP contribution in [0.15, 0.2) is 48.8 Å². The van der Waals surface area contributed by atoms with Crippen molar-refractivity contribution >= 4 is 11.7 Å². The highest BCUT2D eigenvalue weighted by atomic mass is 19.1. The van der Waals surface area contributed by atoms with Gasteiger partial charge in [0.25, 0.3) is 0 Å².